The molecule has 3 rings (SSSR count). The number of hydrogen-bond donors (Lipinski definition) is 1. The van der Waals surface area contributed by atoms with Crippen molar-refractivity contribution in [1.29, 1.82) is 0 Å². The van der Waals surface area contributed by atoms with Crippen LogP contribution in [0.3, 0.4) is 0 Å². The van der Waals surface area contributed by atoms with E-state index in [0.29, 0.717) is 34.5 Å². The zero-order valence-corrected chi connectivity index (χ0v) is 14.1. The summed E-state index contributed by atoms with van der Waals surface area (Å²) in [6, 6.07) is 12.3. The number of nitrogens with one attached hydrogen (secondary N) is 1. The minimum absolute atomic E-state index is 0.294. The van der Waals surface area contributed by atoms with Gasteiger partial charge in [-0.05, 0) is 36.4 Å². The van der Waals surface area contributed by atoms with Crippen LogP contribution in [-0.4, -0.2) is 30.3 Å². The van der Waals surface area contributed by atoms with Crippen molar-refractivity contribution in [1.82, 2.24) is 10.2 Å². The van der Waals surface area contributed by atoms with Crippen molar-refractivity contribution in [2.75, 3.05) is 19.5 Å². The van der Waals surface area contributed by atoms with Gasteiger partial charge in [0.15, 0.2) is 11.5 Å². The maximum Gasteiger partial charge on any atom is 0.259 e. The highest BCUT2D eigenvalue weighted by atomic mass is 16.5. The van der Waals surface area contributed by atoms with Gasteiger partial charge >= 0.3 is 0 Å². The monoisotopic (exact) mass is 339 g/mol. The van der Waals surface area contributed by atoms with E-state index in [2.05, 4.69) is 15.5 Å². The van der Waals surface area contributed by atoms with Crippen LogP contribution in [-0.2, 0) is 0 Å². The third-order valence-electron chi connectivity index (χ3n) is 3.56. The highest BCUT2D eigenvalue weighted by Gasteiger charge is 2.16. The van der Waals surface area contributed by atoms with Crippen molar-refractivity contribution < 1.29 is 18.7 Å². The number of methoxy groups -OCH3 is 2. The van der Waals surface area contributed by atoms with E-state index in [1.165, 1.54) is 14.2 Å². The normalized spacial score (nSPS) is 10.4. The molecule has 1 N–H and O–H groups in total. The zero-order valence-electron chi connectivity index (χ0n) is 14.1. The second-order valence-electron chi connectivity index (χ2n) is 5.20. The molecular weight excluding hydrogens is 322 g/mol. The number of carbonyl (C=O) groups excluding carboxylic acids is 1. The molecule has 1 heterocycles. The number of hydrogen-bond acceptors (Lipinski definition) is 6. The molecule has 3 aromatic rings. The largest absolute Gasteiger partial charge is 0.493 e. The molecule has 0 atom stereocenters. The quantitative estimate of drug-likeness (QED) is 0.767. The van der Waals surface area contributed by atoms with Gasteiger partial charge in [0.1, 0.15) is 0 Å². The topological polar surface area (TPSA) is 86.5 Å². The number of rotatable bonds is 5. The summed E-state index contributed by atoms with van der Waals surface area (Å²) in [7, 11) is 3.02. The van der Waals surface area contributed by atoms with Gasteiger partial charge in [-0.25, -0.2) is 0 Å². The van der Waals surface area contributed by atoms with Gasteiger partial charge in [-0.15, -0.1) is 10.2 Å². The molecule has 0 aliphatic rings. The first-order valence-corrected chi connectivity index (χ1v) is 7.55. The van der Waals surface area contributed by atoms with Crippen molar-refractivity contribution in [3.63, 3.8) is 0 Å². The number of amides is 1. The lowest BCUT2D eigenvalue weighted by molar-refractivity contribution is 0.102. The Morgan fingerprint density at radius 2 is 1.80 bits per heavy atom. The average Bonchev–Trinajstić information content (AvgIpc) is 3.07. The molecule has 0 saturated heterocycles. The Labute approximate surface area is 144 Å². The Kier molecular flexibility index (Phi) is 4.65. The first-order valence-electron chi connectivity index (χ1n) is 7.55. The van der Waals surface area contributed by atoms with Crippen LogP contribution in [0.2, 0.25) is 0 Å². The van der Waals surface area contributed by atoms with Crippen molar-refractivity contribution in [2.45, 2.75) is 6.92 Å². The number of carbonyl (C=O) groups is 1. The summed E-state index contributed by atoms with van der Waals surface area (Å²) < 4.78 is 15.9. The van der Waals surface area contributed by atoms with Crippen LogP contribution >= 0.6 is 0 Å². The Hall–Kier alpha value is -3.35. The average molecular weight is 339 g/mol. The molecule has 1 aromatic heterocycles. The van der Waals surface area contributed by atoms with Crippen LogP contribution < -0.4 is 14.8 Å². The van der Waals surface area contributed by atoms with Gasteiger partial charge in [-0.3, -0.25) is 4.79 Å². The number of para-hydroxylation sites is 1. The van der Waals surface area contributed by atoms with E-state index in [9.17, 15) is 4.79 Å². The van der Waals surface area contributed by atoms with E-state index in [1.807, 2.05) is 0 Å². The fourth-order valence-electron chi connectivity index (χ4n) is 2.37. The molecular formula is C18H17N3O4. The van der Waals surface area contributed by atoms with E-state index in [4.69, 9.17) is 13.9 Å². The molecule has 128 valence electrons. The fourth-order valence-corrected chi connectivity index (χ4v) is 2.37. The Morgan fingerprint density at radius 1 is 1.04 bits per heavy atom. The molecule has 7 nitrogen and oxygen atoms in total. The number of benzene rings is 2. The Balaban J connectivity index is 1.80. The predicted molar refractivity (Wildman–Crippen MR) is 92.0 cm³/mol. The second kappa shape index (κ2) is 7.04. The van der Waals surface area contributed by atoms with Crippen LogP contribution in [0.15, 0.2) is 46.9 Å². The van der Waals surface area contributed by atoms with E-state index >= 15 is 0 Å². The molecule has 0 unspecified atom stereocenters. The molecule has 0 spiro atoms. The van der Waals surface area contributed by atoms with Crippen LogP contribution in [0.4, 0.5) is 5.69 Å². The zero-order chi connectivity index (χ0) is 17.8. The Morgan fingerprint density at radius 3 is 2.40 bits per heavy atom. The number of ether oxygens (including phenoxy) is 2. The maximum atomic E-state index is 12.5. The smallest absolute Gasteiger partial charge is 0.259 e. The van der Waals surface area contributed by atoms with Gasteiger partial charge in [0.2, 0.25) is 11.8 Å². The van der Waals surface area contributed by atoms with E-state index < -0.39 is 0 Å². The summed E-state index contributed by atoms with van der Waals surface area (Å²) in [5.74, 6) is 1.53. The van der Waals surface area contributed by atoms with Gasteiger partial charge in [0, 0.05) is 18.2 Å². The molecule has 0 bridgehead atoms. The minimum atomic E-state index is -0.294. The minimum Gasteiger partial charge on any atom is -0.493 e. The van der Waals surface area contributed by atoms with Crippen LogP contribution in [0, 0.1) is 6.92 Å². The highest BCUT2D eigenvalue weighted by molar-refractivity contribution is 6.06. The van der Waals surface area contributed by atoms with E-state index in [0.717, 1.165) is 5.56 Å². The van der Waals surface area contributed by atoms with Crippen molar-refractivity contribution in [3.05, 3.63) is 53.9 Å². The number of nitrogens with zero attached hydrogens (tertiary/aromatic N) is 2. The van der Waals surface area contributed by atoms with Crippen molar-refractivity contribution >= 4 is 11.6 Å². The standard InChI is InChI=1S/C18H17N3O4/c1-11-20-21-18(25-11)12-7-9-13(10-8-12)19-17(22)14-5-4-6-15(23-2)16(14)24-3/h4-10H,1-3H3,(H,19,22). The number of aromatic nitrogens is 2. The van der Waals surface area contributed by atoms with E-state index in [-0.39, 0.29) is 5.91 Å². The number of anilines is 1. The molecule has 0 aliphatic carbocycles. The molecule has 0 saturated carbocycles. The lowest BCUT2D eigenvalue weighted by Crippen LogP contribution is -2.13. The first kappa shape index (κ1) is 16.5. The van der Waals surface area contributed by atoms with Crippen molar-refractivity contribution in [3.8, 4) is 23.0 Å². The summed E-state index contributed by atoms with van der Waals surface area (Å²) in [5, 5.41) is 10.6. The summed E-state index contributed by atoms with van der Waals surface area (Å²) in [6.45, 7) is 1.73. The summed E-state index contributed by atoms with van der Waals surface area (Å²) in [6.07, 6.45) is 0. The van der Waals surface area contributed by atoms with Crippen LogP contribution in [0.1, 0.15) is 16.2 Å². The number of aryl methyl sites for hydroxylation is 1. The van der Waals surface area contributed by atoms with Crippen molar-refractivity contribution in [2.24, 2.45) is 0 Å². The van der Waals surface area contributed by atoms with Crippen LogP contribution in [0.25, 0.3) is 11.5 Å². The first-order chi connectivity index (χ1) is 12.1. The Bertz CT molecular complexity index is 888. The third-order valence-corrected chi connectivity index (χ3v) is 3.56. The molecule has 0 fully saturated rings. The molecule has 2 aromatic carbocycles. The summed E-state index contributed by atoms with van der Waals surface area (Å²) in [5.41, 5.74) is 1.80. The van der Waals surface area contributed by atoms with Gasteiger partial charge in [-0.2, -0.15) is 0 Å². The van der Waals surface area contributed by atoms with E-state index in [1.54, 1.807) is 49.4 Å². The van der Waals surface area contributed by atoms with Gasteiger partial charge in [0.25, 0.3) is 5.91 Å². The van der Waals surface area contributed by atoms with Gasteiger partial charge in [-0.1, -0.05) is 6.07 Å². The molecule has 0 aliphatic heterocycles. The maximum absolute atomic E-state index is 12.5. The second-order valence-corrected chi connectivity index (χ2v) is 5.20. The molecule has 0 radical (unpaired) electrons. The SMILES string of the molecule is COc1cccc(C(=O)Nc2ccc(-c3nnc(C)o3)cc2)c1OC. The molecule has 25 heavy (non-hydrogen) atoms. The summed E-state index contributed by atoms with van der Waals surface area (Å²) >= 11 is 0. The summed E-state index contributed by atoms with van der Waals surface area (Å²) in [4.78, 5) is 12.5. The lowest BCUT2D eigenvalue weighted by atomic mass is 10.1. The lowest BCUT2D eigenvalue weighted by Gasteiger charge is -2.12. The fraction of sp³-hybridized carbons (Fsp3) is 0.167. The third kappa shape index (κ3) is 3.45. The van der Waals surface area contributed by atoms with Gasteiger partial charge in [0.05, 0.1) is 19.8 Å². The molecule has 1 amide bonds. The van der Waals surface area contributed by atoms with Gasteiger partial charge < -0.3 is 19.2 Å². The molecule has 7 heteroatoms. The predicted octanol–water partition coefficient (Wildman–Crippen LogP) is 3.31. The van der Waals surface area contributed by atoms with Crippen LogP contribution in [0.5, 0.6) is 11.5 Å². The highest BCUT2D eigenvalue weighted by Crippen LogP contribution is 2.31.